The number of aliphatic hydroxyl groups is 5. The maximum absolute atomic E-state index is 13.2. The normalized spacial score (nSPS) is 20.5. The van der Waals surface area contributed by atoms with Crippen LogP contribution in [0.5, 0.6) is 0 Å². The second-order valence-corrected chi connectivity index (χ2v) is 20.4. The zero-order valence-electron chi connectivity index (χ0n) is 42.8. The first kappa shape index (κ1) is 64.3. The lowest BCUT2D eigenvalue weighted by molar-refractivity contribution is -0.298. The molecule has 0 aromatic rings. The van der Waals surface area contributed by atoms with Gasteiger partial charge in [-0.15, -0.1) is 0 Å². The van der Waals surface area contributed by atoms with Crippen LogP contribution in [0.25, 0.3) is 0 Å². The fourth-order valence-corrected chi connectivity index (χ4v) is 9.18. The van der Waals surface area contributed by atoms with E-state index < -0.39 is 78.5 Å². The second kappa shape index (κ2) is 44.0. The minimum absolute atomic E-state index is 0.231. The second-order valence-electron chi connectivity index (χ2n) is 19.3. The van der Waals surface area contributed by atoms with Gasteiger partial charge in [0.25, 0.3) is 0 Å². The highest BCUT2D eigenvalue weighted by Crippen LogP contribution is 2.26. The number of amides is 1. The Hall–Kier alpha value is -1.72. The van der Waals surface area contributed by atoms with Crippen LogP contribution in [0.2, 0.25) is 0 Å². The van der Waals surface area contributed by atoms with Gasteiger partial charge in [-0.05, 0) is 51.4 Å². The van der Waals surface area contributed by atoms with Gasteiger partial charge in [0.15, 0.2) is 6.29 Å². The Kier molecular flexibility index (Phi) is 41.6. The van der Waals surface area contributed by atoms with Crippen molar-refractivity contribution in [2.45, 2.75) is 288 Å². The minimum atomic E-state index is -5.12. The van der Waals surface area contributed by atoms with Gasteiger partial charge in [-0.2, -0.15) is 8.42 Å². The lowest BCUT2D eigenvalue weighted by Crippen LogP contribution is -2.61. The smallest absolute Gasteiger partial charge is 0.394 e. The molecule has 8 unspecified atom stereocenters. The van der Waals surface area contributed by atoms with Gasteiger partial charge < -0.3 is 40.3 Å². The lowest BCUT2D eigenvalue weighted by atomic mass is 9.99. The topological polar surface area (TPSA) is 212 Å². The highest BCUT2D eigenvalue weighted by molar-refractivity contribution is 7.80. The van der Waals surface area contributed by atoms with E-state index in [0.29, 0.717) is 12.8 Å². The molecule has 0 aromatic carbocycles. The third-order valence-electron chi connectivity index (χ3n) is 13.0. The molecule has 0 bridgehead atoms. The van der Waals surface area contributed by atoms with Crippen LogP contribution in [0.3, 0.4) is 0 Å². The van der Waals surface area contributed by atoms with Gasteiger partial charge in [-0.3, -0.25) is 9.35 Å². The van der Waals surface area contributed by atoms with E-state index in [9.17, 15) is 43.3 Å². The number of nitrogens with one attached hydrogen (secondary N) is 1. The molecule has 68 heavy (non-hydrogen) atoms. The van der Waals surface area contributed by atoms with Gasteiger partial charge in [-0.1, -0.05) is 224 Å². The summed E-state index contributed by atoms with van der Waals surface area (Å²) in [6.45, 7) is 3.24. The summed E-state index contributed by atoms with van der Waals surface area (Å²) in [6, 6.07) is -1.12. The molecule has 0 aliphatic carbocycles. The summed E-state index contributed by atoms with van der Waals surface area (Å²) < 4.78 is 47.7. The Labute approximate surface area is 414 Å². The van der Waals surface area contributed by atoms with Crippen molar-refractivity contribution in [2.24, 2.45) is 0 Å². The van der Waals surface area contributed by atoms with E-state index in [1.807, 2.05) is 6.08 Å². The third kappa shape index (κ3) is 35.4. The third-order valence-corrected chi connectivity index (χ3v) is 13.5. The van der Waals surface area contributed by atoms with Crippen molar-refractivity contribution in [3.05, 3.63) is 36.5 Å². The van der Waals surface area contributed by atoms with Gasteiger partial charge >= 0.3 is 10.4 Å². The molecule has 1 aliphatic rings. The van der Waals surface area contributed by atoms with E-state index in [4.69, 9.17) is 9.47 Å². The molecule has 0 saturated carbocycles. The standard InChI is InChI=1S/C54H101NO12S/c1-3-5-7-9-11-13-15-17-19-21-22-23-24-25-27-29-31-33-35-37-39-41-43-48(58)53(61)55-46(45-65-54-51(60)52(67-68(62,63)64)50(59)49(44-56)66-54)47(57)42-40-38-36-34-32-30-28-26-20-18-16-14-12-10-8-6-4-2/h22-23,25,27,40,42,46-52,54,56-60H,3-21,24,26,28-39,41,43-45H2,1-2H3,(H,55,61)(H,62,63,64)/b23-22-,27-25-,42-40+. The zero-order chi connectivity index (χ0) is 49.9. The van der Waals surface area contributed by atoms with E-state index in [1.54, 1.807) is 6.08 Å². The Bertz CT molecular complexity index is 1360. The maximum atomic E-state index is 13.2. The van der Waals surface area contributed by atoms with Crippen LogP contribution in [-0.2, 0) is 28.9 Å². The van der Waals surface area contributed by atoms with E-state index in [2.05, 4.69) is 47.7 Å². The maximum Gasteiger partial charge on any atom is 0.397 e. The van der Waals surface area contributed by atoms with Gasteiger partial charge in [0, 0.05) is 0 Å². The molecule has 400 valence electrons. The monoisotopic (exact) mass is 988 g/mol. The Morgan fingerprint density at radius 3 is 1.44 bits per heavy atom. The summed E-state index contributed by atoms with van der Waals surface area (Å²) in [5.74, 6) is -0.708. The summed E-state index contributed by atoms with van der Waals surface area (Å²) in [7, 11) is -5.12. The highest BCUT2D eigenvalue weighted by Gasteiger charge is 2.48. The molecule has 13 nitrogen and oxygen atoms in total. The van der Waals surface area contributed by atoms with Gasteiger partial charge in [0.2, 0.25) is 5.91 Å². The van der Waals surface area contributed by atoms with Gasteiger partial charge in [-0.25, -0.2) is 4.18 Å². The number of ether oxygens (including phenoxy) is 2. The van der Waals surface area contributed by atoms with Crippen LogP contribution in [0.4, 0.5) is 0 Å². The van der Waals surface area contributed by atoms with Crippen LogP contribution in [0, 0.1) is 0 Å². The SMILES string of the molecule is CCCCCCCCCCC/C=C\C/C=C\CCCCCCCCC(O)C(=O)NC(COC1OC(CO)C(O)C(OS(=O)(=O)O)C1O)C(O)/C=C/CCCCCCCCCCCCCCCCC. The molecule has 1 rings (SSSR count). The predicted molar refractivity (Wildman–Crippen MR) is 274 cm³/mol. The fourth-order valence-electron chi connectivity index (χ4n) is 8.67. The van der Waals surface area contributed by atoms with Crippen LogP contribution in [-0.4, -0.2) is 107 Å². The molecule has 1 saturated heterocycles. The lowest BCUT2D eigenvalue weighted by Gasteiger charge is -2.41. The Morgan fingerprint density at radius 1 is 0.603 bits per heavy atom. The summed E-state index contributed by atoms with van der Waals surface area (Å²) in [6.07, 6.45) is 42.1. The largest absolute Gasteiger partial charge is 0.397 e. The summed E-state index contributed by atoms with van der Waals surface area (Å²) in [5, 5.41) is 55.5. The summed E-state index contributed by atoms with van der Waals surface area (Å²) in [5.41, 5.74) is 0. The average molecular weight is 988 g/mol. The van der Waals surface area contributed by atoms with E-state index >= 15 is 0 Å². The van der Waals surface area contributed by atoms with Crippen molar-refractivity contribution in [1.29, 1.82) is 0 Å². The van der Waals surface area contributed by atoms with Crippen LogP contribution in [0.1, 0.15) is 239 Å². The molecule has 0 spiro atoms. The Morgan fingerprint density at radius 2 is 1.01 bits per heavy atom. The zero-order valence-corrected chi connectivity index (χ0v) is 43.6. The number of allylic oxidation sites excluding steroid dienone is 5. The van der Waals surface area contributed by atoms with Crippen molar-refractivity contribution < 1.29 is 57.0 Å². The number of unbranched alkanes of at least 4 members (excludes halogenated alkanes) is 30. The Balaban J connectivity index is 2.48. The molecule has 1 heterocycles. The van der Waals surface area contributed by atoms with Crippen molar-refractivity contribution >= 4 is 16.3 Å². The molecule has 14 heteroatoms. The quantitative estimate of drug-likeness (QED) is 0.0172. The van der Waals surface area contributed by atoms with Gasteiger partial charge in [0.1, 0.15) is 30.5 Å². The fraction of sp³-hybridized carbons (Fsp3) is 0.870. The van der Waals surface area contributed by atoms with Crippen molar-refractivity contribution in [3.63, 3.8) is 0 Å². The number of hydrogen-bond donors (Lipinski definition) is 7. The molecule has 1 aliphatic heterocycles. The summed E-state index contributed by atoms with van der Waals surface area (Å²) in [4.78, 5) is 13.2. The average Bonchev–Trinajstić information content (AvgIpc) is 3.31. The molecular weight excluding hydrogens is 887 g/mol. The number of rotatable bonds is 47. The number of aliphatic hydroxyl groups excluding tert-OH is 5. The van der Waals surface area contributed by atoms with Crippen LogP contribution >= 0.6 is 0 Å². The molecule has 0 aromatic heterocycles. The van der Waals surface area contributed by atoms with Crippen molar-refractivity contribution in [1.82, 2.24) is 5.32 Å². The van der Waals surface area contributed by atoms with E-state index in [0.717, 1.165) is 64.2 Å². The molecule has 0 radical (unpaired) electrons. The molecule has 7 N–H and O–H groups in total. The first-order valence-corrected chi connectivity index (χ1v) is 28.8. The molecule has 8 atom stereocenters. The van der Waals surface area contributed by atoms with Gasteiger partial charge in [0.05, 0.1) is 25.4 Å². The van der Waals surface area contributed by atoms with Crippen LogP contribution in [0.15, 0.2) is 36.5 Å². The first-order chi connectivity index (χ1) is 32.9. The number of carbonyl (C=O) groups is 1. The molecule has 1 fully saturated rings. The van der Waals surface area contributed by atoms with E-state index in [-0.39, 0.29) is 6.42 Å². The van der Waals surface area contributed by atoms with Crippen molar-refractivity contribution in [2.75, 3.05) is 13.2 Å². The minimum Gasteiger partial charge on any atom is -0.394 e. The van der Waals surface area contributed by atoms with E-state index in [1.165, 1.54) is 141 Å². The molecular formula is C54H101NO12S. The summed E-state index contributed by atoms with van der Waals surface area (Å²) >= 11 is 0. The first-order valence-electron chi connectivity index (χ1n) is 27.5. The molecule has 1 amide bonds. The van der Waals surface area contributed by atoms with Crippen molar-refractivity contribution in [3.8, 4) is 0 Å². The van der Waals surface area contributed by atoms with Crippen LogP contribution < -0.4 is 5.32 Å². The number of hydrogen-bond acceptors (Lipinski definition) is 11. The predicted octanol–water partition coefficient (Wildman–Crippen LogP) is 11.2. The number of carbonyl (C=O) groups excluding carboxylic acids is 1. The highest BCUT2D eigenvalue weighted by atomic mass is 32.3.